The van der Waals surface area contributed by atoms with Gasteiger partial charge in [-0.3, -0.25) is 9.59 Å². The molecule has 0 rings (SSSR count). The summed E-state index contributed by atoms with van der Waals surface area (Å²) in [5, 5.41) is 8.69. The number of halogens is 1. The lowest BCUT2D eigenvalue weighted by atomic mass is 9.87. The average molecular weight is 210 g/mol. The molecule has 0 spiro atoms. The molecule has 0 aliphatic rings. The van der Waals surface area contributed by atoms with Crippen LogP contribution in [0.1, 0.15) is 33.1 Å². The summed E-state index contributed by atoms with van der Waals surface area (Å²) < 4.78 is 0. The van der Waals surface area contributed by atoms with Crippen molar-refractivity contribution in [3.05, 3.63) is 0 Å². The van der Waals surface area contributed by atoms with Crippen LogP contribution in [0.2, 0.25) is 0 Å². The molecule has 13 heavy (non-hydrogen) atoms. The van der Waals surface area contributed by atoms with Crippen molar-refractivity contribution >= 4 is 24.3 Å². The van der Waals surface area contributed by atoms with Gasteiger partial charge in [0.2, 0.25) is 5.91 Å². The molecule has 0 aliphatic carbocycles. The smallest absolute Gasteiger partial charge is 0.309 e. The van der Waals surface area contributed by atoms with E-state index in [9.17, 15) is 9.59 Å². The number of hydrogen-bond donors (Lipinski definition) is 2. The van der Waals surface area contributed by atoms with Gasteiger partial charge < -0.3 is 10.8 Å². The van der Waals surface area contributed by atoms with Crippen LogP contribution in [0.5, 0.6) is 0 Å². The Balaban J connectivity index is 0. The second kappa shape index (κ2) is 5.80. The molecule has 0 fully saturated rings. The van der Waals surface area contributed by atoms with Gasteiger partial charge in [-0.2, -0.15) is 0 Å². The molecule has 1 amide bonds. The fourth-order valence-corrected chi connectivity index (χ4v) is 0.811. The van der Waals surface area contributed by atoms with Gasteiger partial charge in [-0.05, 0) is 26.7 Å². The van der Waals surface area contributed by atoms with Gasteiger partial charge in [0.25, 0.3) is 0 Å². The zero-order valence-corrected chi connectivity index (χ0v) is 8.69. The molecule has 0 unspecified atom stereocenters. The van der Waals surface area contributed by atoms with E-state index in [2.05, 4.69) is 0 Å². The van der Waals surface area contributed by atoms with Crippen molar-refractivity contribution < 1.29 is 14.7 Å². The maximum Gasteiger partial charge on any atom is 0.309 e. The minimum Gasteiger partial charge on any atom is -0.481 e. The first-order valence-corrected chi connectivity index (χ1v) is 3.88. The van der Waals surface area contributed by atoms with Crippen LogP contribution in [0.3, 0.4) is 0 Å². The Morgan fingerprint density at radius 1 is 1.38 bits per heavy atom. The molecule has 0 aliphatic heterocycles. The van der Waals surface area contributed by atoms with Crippen molar-refractivity contribution in [2.75, 3.05) is 0 Å². The van der Waals surface area contributed by atoms with Crippen molar-refractivity contribution in [1.29, 1.82) is 0 Å². The highest BCUT2D eigenvalue weighted by Gasteiger charge is 2.26. The number of aliphatic carboxylic acids is 1. The van der Waals surface area contributed by atoms with Crippen LogP contribution < -0.4 is 5.73 Å². The van der Waals surface area contributed by atoms with E-state index in [1.54, 1.807) is 13.8 Å². The van der Waals surface area contributed by atoms with Gasteiger partial charge in [0, 0.05) is 6.42 Å². The lowest BCUT2D eigenvalue weighted by Crippen LogP contribution is -2.24. The molecule has 5 heteroatoms. The van der Waals surface area contributed by atoms with Crippen molar-refractivity contribution in [2.45, 2.75) is 33.1 Å². The Hall–Kier alpha value is -0.770. The molecule has 0 bridgehead atoms. The van der Waals surface area contributed by atoms with E-state index in [1.807, 2.05) is 0 Å². The van der Waals surface area contributed by atoms with Crippen molar-refractivity contribution in [3.8, 4) is 0 Å². The first kappa shape index (κ1) is 14.7. The van der Waals surface area contributed by atoms with Gasteiger partial charge in [-0.1, -0.05) is 0 Å². The summed E-state index contributed by atoms with van der Waals surface area (Å²) >= 11 is 0. The van der Waals surface area contributed by atoms with E-state index in [0.29, 0.717) is 12.8 Å². The standard InChI is InChI=1S/C8H15NO3.ClH/c1-8(2,7(11)12)5-3-4-6(9)10;/h3-5H2,1-2H3,(H2,9,10)(H,11,12);1H. The van der Waals surface area contributed by atoms with Crippen LogP contribution in [0.15, 0.2) is 0 Å². The van der Waals surface area contributed by atoms with E-state index in [-0.39, 0.29) is 24.7 Å². The molecule has 0 aromatic rings. The normalized spacial score (nSPS) is 10.3. The predicted octanol–water partition coefficient (Wildman–Crippen LogP) is 1.17. The number of carboxylic acid groups (broad SMARTS) is 1. The highest BCUT2D eigenvalue weighted by atomic mass is 35.5. The van der Waals surface area contributed by atoms with Gasteiger partial charge in [0.15, 0.2) is 0 Å². The van der Waals surface area contributed by atoms with Crippen molar-refractivity contribution in [1.82, 2.24) is 0 Å². The molecular weight excluding hydrogens is 194 g/mol. The highest BCUT2D eigenvalue weighted by Crippen LogP contribution is 2.22. The van der Waals surface area contributed by atoms with Crippen LogP contribution in [-0.2, 0) is 9.59 Å². The largest absolute Gasteiger partial charge is 0.481 e. The molecule has 0 radical (unpaired) electrons. The summed E-state index contributed by atoms with van der Waals surface area (Å²) in [5.74, 6) is -1.22. The molecule has 0 saturated heterocycles. The predicted molar refractivity (Wildman–Crippen MR) is 51.7 cm³/mol. The van der Waals surface area contributed by atoms with Crippen LogP contribution in [0.4, 0.5) is 0 Å². The molecule has 4 nitrogen and oxygen atoms in total. The molecule has 0 aromatic carbocycles. The first-order chi connectivity index (χ1) is 5.36. The second-order valence-electron chi connectivity index (χ2n) is 3.51. The summed E-state index contributed by atoms with van der Waals surface area (Å²) in [7, 11) is 0. The topological polar surface area (TPSA) is 80.4 Å². The zero-order chi connectivity index (χ0) is 9.78. The molecule has 0 aromatic heterocycles. The number of carboxylic acids is 1. The SMILES string of the molecule is CC(C)(CCCC(N)=O)C(=O)O.Cl. The minimum atomic E-state index is -0.841. The Morgan fingerprint density at radius 3 is 2.15 bits per heavy atom. The van der Waals surface area contributed by atoms with Gasteiger partial charge in [0.05, 0.1) is 5.41 Å². The zero-order valence-electron chi connectivity index (χ0n) is 7.87. The molecule has 3 N–H and O–H groups in total. The fraction of sp³-hybridized carbons (Fsp3) is 0.750. The summed E-state index contributed by atoms with van der Waals surface area (Å²) in [6.45, 7) is 3.27. The molecule has 0 saturated carbocycles. The monoisotopic (exact) mass is 209 g/mol. The quantitative estimate of drug-likeness (QED) is 0.714. The van der Waals surface area contributed by atoms with Crippen LogP contribution >= 0.6 is 12.4 Å². The van der Waals surface area contributed by atoms with E-state index >= 15 is 0 Å². The average Bonchev–Trinajstić information content (AvgIpc) is 1.85. The van der Waals surface area contributed by atoms with E-state index in [1.165, 1.54) is 0 Å². The number of carbonyl (C=O) groups excluding carboxylic acids is 1. The number of hydrogen-bond acceptors (Lipinski definition) is 2. The third-order valence-electron chi connectivity index (χ3n) is 1.80. The Morgan fingerprint density at radius 2 is 1.85 bits per heavy atom. The number of primary amides is 1. The van der Waals surface area contributed by atoms with Crippen molar-refractivity contribution in [2.24, 2.45) is 11.1 Å². The van der Waals surface area contributed by atoms with Gasteiger partial charge in [-0.25, -0.2) is 0 Å². The maximum atomic E-state index is 10.6. The van der Waals surface area contributed by atoms with Gasteiger partial charge in [0.1, 0.15) is 0 Å². The maximum absolute atomic E-state index is 10.6. The molecule has 0 heterocycles. The Kier molecular flexibility index (Phi) is 6.58. The summed E-state index contributed by atoms with van der Waals surface area (Å²) in [6, 6.07) is 0. The second-order valence-corrected chi connectivity index (χ2v) is 3.51. The Bertz CT molecular complexity index is 192. The third kappa shape index (κ3) is 6.40. The summed E-state index contributed by atoms with van der Waals surface area (Å²) in [5.41, 5.74) is 4.16. The highest BCUT2D eigenvalue weighted by molar-refractivity contribution is 5.85. The summed E-state index contributed by atoms with van der Waals surface area (Å²) in [4.78, 5) is 20.9. The van der Waals surface area contributed by atoms with Crippen LogP contribution in [0.25, 0.3) is 0 Å². The van der Waals surface area contributed by atoms with Gasteiger partial charge >= 0.3 is 5.97 Å². The lowest BCUT2D eigenvalue weighted by molar-refractivity contribution is -0.147. The number of carbonyl (C=O) groups is 2. The number of nitrogens with two attached hydrogens (primary N) is 1. The van der Waals surface area contributed by atoms with Crippen LogP contribution in [0, 0.1) is 5.41 Å². The Labute approximate surface area is 83.9 Å². The van der Waals surface area contributed by atoms with Gasteiger partial charge in [-0.15, -0.1) is 12.4 Å². The van der Waals surface area contributed by atoms with E-state index in [4.69, 9.17) is 10.8 Å². The first-order valence-electron chi connectivity index (χ1n) is 3.88. The molecule has 78 valence electrons. The summed E-state index contributed by atoms with van der Waals surface area (Å²) in [6.07, 6.45) is 1.27. The minimum absolute atomic E-state index is 0. The lowest BCUT2D eigenvalue weighted by Gasteiger charge is -2.17. The molecule has 0 atom stereocenters. The van der Waals surface area contributed by atoms with E-state index in [0.717, 1.165) is 0 Å². The van der Waals surface area contributed by atoms with E-state index < -0.39 is 11.4 Å². The van der Waals surface area contributed by atoms with Crippen LogP contribution in [-0.4, -0.2) is 17.0 Å². The number of rotatable bonds is 5. The third-order valence-corrected chi connectivity index (χ3v) is 1.80. The van der Waals surface area contributed by atoms with Crippen molar-refractivity contribution in [3.63, 3.8) is 0 Å². The fourth-order valence-electron chi connectivity index (χ4n) is 0.811. The number of amides is 1. The molecular formula is C8H16ClNO3.